The van der Waals surface area contributed by atoms with E-state index >= 15 is 0 Å². The predicted molar refractivity (Wildman–Crippen MR) is 65.7 cm³/mol. The first-order valence-corrected chi connectivity index (χ1v) is 6.01. The zero-order valence-electron chi connectivity index (χ0n) is 10.3. The Hall–Kier alpha value is -1.75. The van der Waals surface area contributed by atoms with Gasteiger partial charge in [-0.2, -0.15) is 0 Å². The monoisotopic (exact) mass is 251 g/mol. The molecule has 2 N–H and O–H groups in total. The lowest BCUT2D eigenvalue weighted by molar-refractivity contribution is 0.0561. The van der Waals surface area contributed by atoms with Crippen molar-refractivity contribution in [1.82, 2.24) is 4.90 Å². The molecule has 5 nitrogen and oxygen atoms in total. The van der Waals surface area contributed by atoms with Crippen LogP contribution in [0, 0.1) is 0 Å². The Labute approximate surface area is 106 Å². The molecule has 0 spiro atoms. The van der Waals surface area contributed by atoms with Gasteiger partial charge in [0.2, 0.25) is 0 Å². The van der Waals surface area contributed by atoms with Crippen LogP contribution in [0.4, 0.5) is 0 Å². The first-order valence-electron chi connectivity index (χ1n) is 6.01. The van der Waals surface area contributed by atoms with E-state index in [1.165, 1.54) is 18.2 Å². The number of hydrogen-bond acceptors (Lipinski definition) is 4. The van der Waals surface area contributed by atoms with E-state index < -0.39 is 0 Å². The Morgan fingerprint density at radius 1 is 1.44 bits per heavy atom. The fourth-order valence-electron chi connectivity index (χ4n) is 2.04. The van der Waals surface area contributed by atoms with E-state index in [0.29, 0.717) is 19.7 Å². The predicted octanol–water partition coefficient (Wildman–Crippen LogP) is 1.35. The average Bonchev–Trinajstić information content (AvgIpc) is 2.56. The van der Waals surface area contributed by atoms with Gasteiger partial charge in [-0.3, -0.25) is 4.79 Å². The fourth-order valence-corrected chi connectivity index (χ4v) is 2.04. The third-order valence-corrected chi connectivity index (χ3v) is 2.95. The number of rotatable bonds is 1. The second-order valence-electron chi connectivity index (χ2n) is 4.49. The topological polar surface area (TPSA) is 70.0 Å². The molecule has 0 aromatic heterocycles. The van der Waals surface area contributed by atoms with Crippen LogP contribution in [-0.2, 0) is 4.74 Å². The number of carbonyl (C=O) groups is 1. The number of phenols is 2. The van der Waals surface area contributed by atoms with Crippen LogP contribution in [0.15, 0.2) is 18.2 Å². The van der Waals surface area contributed by atoms with Crippen molar-refractivity contribution in [2.24, 2.45) is 0 Å². The summed E-state index contributed by atoms with van der Waals surface area (Å²) in [4.78, 5) is 13.9. The summed E-state index contributed by atoms with van der Waals surface area (Å²) in [5.41, 5.74) is 0.129. The molecule has 0 aliphatic carbocycles. The molecule has 1 fully saturated rings. The third kappa shape index (κ3) is 2.73. The molecule has 1 unspecified atom stereocenters. The third-order valence-electron chi connectivity index (χ3n) is 2.95. The smallest absolute Gasteiger partial charge is 0.257 e. The van der Waals surface area contributed by atoms with Crippen LogP contribution in [0.5, 0.6) is 11.5 Å². The molecule has 1 saturated heterocycles. The van der Waals surface area contributed by atoms with Crippen molar-refractivity contribution in [2.75, 3.05) is 19.7 Å². The zero-order chi connectivity index (χ0) is 13.1. The number of aromatic hydroxyl groups is 2. The van der Waals surface area contributed by atoms with Gasteiger partial charge in [-0.15, -0.1) is 0 Å². The van der Waals surface area contributed by atoms with Crippen LogP contribution in [-0.4, -0.2) is 46.8 Å². The lowest BCUT2D eigenvalue weighted by Gasteiger charge is -2.22. The summed E-state index contributed by atoms with van der Waals surface area (Å²) in [7, 11) is 0. The van der Waals surface area contributed by atoms with Gasteiger partial charge in [0.25, 0.3) is 5.91 Å². The van der Waals surface area contributed by atoms with E-state index in [9.17, 15) is 15.0 Å². The molecule has 0 saturated carbocycles. The summed E-state index contributed by atoms with van der Waals surface area (Å²) in [6, 6.07) is 3.95. The van der Waals surface area contributed by atoms with Crippen LogP contribution in [0.1, 0.15) is 23.7 Å². The van der Waals surface area contributed by atoms with Crippen LogP contribution >= 0.6 is 0 Å². The highest BCUT2D eigenvalue weighted by Crippen LogP contribution is 2.24. The molecular weight excluding hydrogens is 234 g/mol. The van der Waals surface area contributed by atoms with Gasteiger partial charge in [0.05, 0.1) is 11.7 Å². The lowest BCUT2D eigenvalue weighted by atomic mass is 10.1. The van der Waals surface area contributed by atoms with Crippen LogP contribution in [0.2, 0.25) is 0 Å². The number of carbonyl (C=O) groups excluding carboxylic acids is 1. The van der Waals surface area contributed by atoms with Crippen molar-refractivity contribution in [3.05, 3.63) is 23.8 Å². The Morgan fingerprint density at radius 2 is 2.22 bits per heavy atom. The van der Waals surface area contributed by atoms with Gasteiger partial charge >= 0.3 is 0 Å². The highest BCUT2D eigenvalue weighted by Gasteiger charge is 2.23. The van der Waals surface area contributed by atoms with Crippen molar-refractivity contribution >= 4 is 5.91 Å². The molecule has 1 aromatic rings. The Kier molecular flexibility index (Phi) is 3.72. The maximum absolute atomic E-state index is 12.3. The van der Waals surface area contributed by atoms with E-state index in [1.807, 2.05) is 6.92 Å². The van der Waals surface area contributed by atoms with Crippen LogP contribution < -0.4 is 0 Å². The van der Waals surface area contributed by atoms with Crippen LogP contribution in [0.3, 0.4) is 0 Å². The summed E-state index contributed by atoms with van der Waals surface area (Å²) < 4.78 is 5.47. The summed E-state index contributed by atoms with van der Waals surface area (Å²) in [5, 5.41) is 19.1. The molecule has 1 aromatic carbocycles. The number of phenolic OH excluding ortho intramolecular Hbond substituents is 2. The van der Waals surface area contributed by atoms with Gasteiger partial charge in [0.1, 0.15) is 11.5 Å². The van der Waals surface area contributed by atoms with Crippen molar-refractivity contribution in [3.63, 3.8) is 0 Å². The molecule has 1 heterocycles. The minimum Gasteiger partial charge on any atom is -0.508 e. The summed E-state index contributed by atoms with van der Waals surface area (Å²) in [5.74, 6) is -0.424. The Balaban J connectivity index is 2.21. The molecule has 1 atom stereocenters. The van der Waals surface area contributed by atoms with E-state index in [1.54, 1.807) is 4.90 Å². The summed E-state index contributed by atoms with van der Waals surface area (Å²) >= 11 is 0. The van der Waals surface area contributed by atoms with Gasteiger partial charge in [0, 0.05) is 19.7 Å². The minimum atomic E-state index is -0.277. The standard InChI is InChI=1S/C13H17NO4/c1-9-8-14(5-2-6-18-9)13(17)11-7-10(15)3-4-12(11)16/h3-4,7,9,15-16H,2,5-6,8H2,1H3. The molecule has 98 valence electrons. The molecule has 1 aliphatic rings. The molecule has 5 heteroatoms. The molecule has 1 aliphatic heterocycles. The van der Waals surface area contributed by atoms with Gasteiger partial charge in [-0.1, -0.05) is 0 Å². The van der Waals surface area contributed by atoms with Gasteiger partial charge < -0.3 is 19.8 Å². The second-order valence-corrected chi connectivity index (χ2v) is 4.49. The number of benzene rings is 1. The zero-order valence-corrected chi connectivity index (χ0v) is 10.3. The normalized spacial score (nSPS) is 20.5. The molecule has 1 amide bonds. The number of amides is 1. The Bertz CT molecular complexity index is 447. The number of hydrogen-bond donors (Lipinski definition) is 2. The van der Waals surface area contributed by atoms with E-state index in [0.717, 1.165) is 6.42 Å². The minimum absolute atomic E-state index is 0.0177. The maximum atomic E-state index is 12.3. The van der Waals surface area contributed by atoms with E-state index in [-0.39, 0.29) is 29.1 Å². The highest BCUT2D eigenvalue weighted by molar-refractivity contribution is 5.97. The summed E-state index contributed by atoms with van der Waals surface area (Å²) in [6.45, 7) is 3.64. The van der Waals surface area contributed by atoms with Crippen molar-refractivity contribution in [1.29, 1.82) is 0 Å². The molecule has 2 rings (SSSR count). The SMILES string of the molecule is CC1CN(C(=O)c2cc(O)ccc2O)CCCO1. The molecule has 0 radical (unpaired) electrons. The second kappa shape index (κ2) is 5.27. The first-order chi connectivity index (χ1) is 8.58. The van der Waals surface area contributed by atoms with Gasteiger partial charge in [-0.25, -0.2) is 0 Å². The molecule has 0 bridgehead atoms. The van der Waals surface area contributed by atoms with Crippen molar-refractivity contribution in [3.8, 4) is 11.5 Å². The highest BCUT2D eigenvalue weighted by atomic mass is 16.5. The lowest BCUT2D eigenvalue weighted by Crippen LogP contribution is -2.35. The fraction of sp³-hybridized carbons (Fsp3) is 0.462. The van der Waals surface area contributed by atoms with Gasteiger partial charge in [0.15, 0.2) is 0 Å². The molecule has 18 heavy (non-hydrogen) atoms. The largest absolute Gasteiger partial charge is 0.508 e. The average molecular weight is 251 g/mol. The van der Waals surface area contributed by atoms with Crippen molar-refractivity contribution in [2.45, 2.75) is 19.4 Å². The summed E-state index contributed by atoms with van der Waals surface area (Å²) in [6.07, 6.45) is 0.756. The van der Waals surface area contributed by atoms with Crippen molar-refractivity contribution < 1.29 is 19.7 Å². The number of nitrogens with zero attached hydrogens (tertiary/aromatic N) is 1. The van der Waals surface area contributed by atoms with Crippen LogP contribution in [0.25, 0.3) is 0 Å². The number of ether oxygens (including phenoxy) is 1. The van der Waals surface area contributed by atoms with Gasteiger partial charge in [-0.05, 0) is 31.5 Å². The first kappa shape index (κ1) is 12.7. The quantitative estimate of drug-likeness (QED) is 0.739. The van der Waals surface area contributed by atoms with E-state index in [2.05, 4.69) is 0 Å². The van der Waals surface area contributed by atoms with E-state index in [4.69, 9.17) is 4.74 Å². The Morgan fingerprint density at radius 3 is 3.00 bits per heavy atom. The maximum Gasteiger partial charge on any atom is 0.257 e. The molecular formula is C13H17NO4.